The minimum atomic E-state index is -1.04. The molecular formula is C23H27FO4. The molecule has 2 aromatic rings. The van der Waals surface area contributed by atoms with E-state index in [0.717, 1.165) is 18.4 Å². The van der Waals surface area contributed by atoms with Crippen molar-refractivity contribution in [1.29, 1.82) is 0 Å². The molecular weight excluding hydrogens is 359 g/mol. The molecule has 1 aliphatic heterocycles. The third-order valence-corrected chi connectivity index (χ3v) is 5.19. The summed E-state index contributed by atoms with van der Waals surface area (Å²) in [5, 5.41) is 0.415. The van der Waals surface area contributed by atoms with Gasteiger partial charge in [0.1, 0.15) is 11.9 Å². The van der Waals surface area contributed by atoms with Crippen LogP contribution in [-0.2, 0) is 6.42 Å². The Morgan fingerprint density at radius 3 is 2.61 bits per heavy atom. The highest BCUT2D eigenvalue weighted by Gasteiger charge is 2.30. The third kappa shape index (κ3) is 3.38. The molecule has 0 bridgehead atoms. The van der Waals surface area contributed by atoms with Crippen LogP contribution in [0.5, 0.6) is 5.75 Å². The first-order valence-electron chi connectivity index (χ1n) is 9.99. The molecule has 1 unspecified atom stereocenters. The topological polar surface area (TPSA) is 56.5 Å². The average molecular weight is 386 g/mol. The van der Waals surface area contributed by atoms with Crippen molar-refractivity contribution in [3.8, 4) is 5.75 Å². The van der Waals surface area contributed by atoms with Crippen molar-refractivity contribution in [2.24, 2.45) is 5.92 Å². The summed E-state index contributed by atoms with van der Waals surface area (Å²) in [7, 11) is 0. The van der Waals surface area contributed by atoms with Crippen LogP contribution in [0.1, 0.15) is 74.0 Å². The number of ketones is 1. The summed E-state index contributed by atoms with van der Waals surface area (Å²) in [5.41, 5.74) is 1.17. The molecule has 0 fully saturated rings. The molecule has 2 heterocycles. The van der Waals surface area contributed by atoms with E-state index in [-0.39, 0.29) is 29.0 Å². The highest BCUT2D eigenvalue weighted by atomic mass is 19.1. The molecule has 0 N–H and O–H groups in total. The molecule has 0 saturated carbocycles. The summed E-state index contributed by atoms with van der Waals surface area (Å²) in [6, 6.07) is 0. The van der Waals surface area contributed by atoms with E-state index in [9.17, 15) is 14.0 Å². The lowest BCUT2D eigenvalue weighted by Gasteiger charge is -2.26. The van der Waals surface area contributed by atoms with Gasteiger partial charge in [0, 0.05) is 17.5 Å². The van der Waals surface area contributed by atoms with E-state index in [1.807, 2.05) is 32.9 Å². The number of ether oxygens (including phenoxy) is 1. The zero-order chi connectivity index (χ0) is 20.6. The highest BCUT2D eigenvalue weighted by Crippen LogP contribution is 2.42. The maximum atomic E-state index is 14.6. The lowest BCUT2D eigenvalue weighted by atomic mass is 9.88. The summed E-state index contributed by atoms with van der Waals surface area (Å²) in [4.78, 5) is 25.2. The van der Waals surface area contributed by atoms with E-state index >= 15 is 0 Å². The number of rotatable bonds is 6. The maximum absolute atomic E-state index is 14.6. The van der Waals surface area contributed by atoms with E-state index in [1.165, 1.54) is 0 Å². The van der Waals surface area contributed by atoms with Crippen molar-refractivity contribution in [1.82, 2.24) is 0 Å². The van der Waals surface area contributed by atoms with Crippen molar-refractivity contribution < 1.29 is 18.3 Å². The number of halogens is 1. The molecule has 0 radical (unpaired) electrons. The van der Waals surface area contributed by atoms with Crippen molar-refractivity contribution >= 4 is 22.8 Å². The van der Waals surface area contributed by atoms with Gasteiger partial charge in [0.15, 0.2) is 11.4 Å². The van der Waals surface area contributed by atoms with Crippen molar-refractivity contribution in [2.75, 3.05) is 0 Å². The van der Waals surface area contributed by atoms with Crippen molar-refractivity contribution in [2.45, 2.75) is 66.4 Å². The van der Waals surface area contributed by atoms with Crippen LogP contribution in [0.25, 0.3) is 17.0 Å². The zero-order valence-corrected chi connectivity index (χ0v) is 17.1. The van der Waals surface area contributed by atoms with Crippen LogP contribution in [0.2, 0.25) is 0 Å². The van der Waals surface area contributed by atoms with Crippen molar-refractivity contribution in [3.63, 3.8) is 0 Å². The summed E-state index contributed by atoms with van der Waals surface area (Å²) in [6.45, 7) is 9.59. The van der Waals surface area contributed by atoms with Gasteiger partial charge in [0.2, 0.25) is 5.82 Å². The van der Waals surface area contributed by atoms with Gasteiger partial charge in [0.25, 0.3) is 0 Å². The summed E-state index contributed by atoms with van der Waals surface area (Å²) in [6.07, 6.45) is 6.18. The highest BCUT2D eigenvalue weighted by molar-refractivity contribution is 6.11. The molecule has 1 aliphatic rings. The molecule has 0 spiro atoms. The van der Waals surface area contributed by atoms with Gasteiger partial charge in [-0.1, -0.05) is 40.2 Å². The monoisotopic (exact) mass is 386 g/mol. The molecule has 3 rings (SSSR count). The Balaban J connectivity index is 2.42. The van der Waals surface area contributed by atoms with Gasteiger partial charge in [-0.2, -0.15) is 4.39 Å². The maximum Gasteiger partial charge on any atom is 0.372 e. The van der Waals surface area contributed by atoms with Crippen LogP contribution in [0, 0.1) is 18.7 Å². The summed E-state index contributed by atoms with van der Waals surface area (Å²) in [5.74, 6) is -0.361. The summed E-state index contributed by atoms with van der Waals surface area (Å²) < 4.78 is 26.2. The molecule has 0 amide bonds. The Kier molecular flexibility index (Phi) is 5.73. The van der Waals surface area contributed by atoms with Crippen LogP contribution >= 0.6 is 0 Å². The quantitative estimate of drug-likeness (QED) is 0.478. The van der Waals surface area contributed by atoms with Gasteiger partial charge < -0.3 is 9.15 Å². The molecule has 28 heavy (non-hydrogen) atoms. The predicted octanol–water partition coefficient (Wildman–Crippen LogP) is 5.61. The first-order chi connectivity index (χ1) is 13.3. The molecule has 4 nitrogen and oxygen atoms in total. The zero-order valence-electron chi connectivity index (χ0n) is 17.1. The van der Waals surface area contributed by atoms with Crippen molar-refractivity contribution in [3.05, 3.63) is 44.6 Å². The number of hydrogen-bond donors (Lipinski definition) is 0. The average Bonchev–Trinajstić information content (AvgIpc) is 2.63. The molecule has 150 valence electrons. The van der Waals surface area contributed by atoms with Gasteiger partial charge >= 0.3 is 5.63 Å². The van der Waals surface area contributed by atoms with Crippen LogP contribution in [-0.4, -0.2) is 11.9 Å². The van der Waals surface area contributed by atoms with Gasteiger partial charge in [0.05, 0.1) is 10.9 Å². The first kappa shape index (κ1) is 20.3. The third-order valence-electron chi connectivity index (χ3n) is 5.19. The Morgan fingerprint density at radius 2 is 2.00 bits per heavy atom. The minimum absolute atomic E-state index is 0.110. The molecule has 0 aliphatic carbocycles. The lowest BCUT2D eigenvalue weighted by molar-refractivity contribution is 0.0967. The van der Waals surface area contributed by atoms with Gasteiger partial charge in [-0.05, 0) is 37.3 Å². The number of hydrogen-bond acceptors (Lipinski definition) is 4. The Hall–Kier alpha value is -2.43. The Morgan fingerprint density at radius 1 is 1.29 bits per heavy atom. The lowest BCUT2D eigenvalue weighted by Crippen LogP contribution is -2.20. The van der Waals surface area contributed by atoms with Crippen LogP contribution in [0.4, 0.5) is 4.39 Å². The normalized spacial score (nSPS) is 15.8. The number of carbonyl (C=O) groups excluding carboxylic acids is 1. The fourth-order valence-electron chi connectivity index (χ4n) is 3.88. The standard InChI is InChI=1S/C23H27FO4/c1-6-8-14-9-10-16-13(5)18(17(25)11-12(3)4)22-19(21(16)27-14)15(7-2)20(24)23(26)28-22/h9-10,12,14H,6-8,11H2,1-5H3. The number of carbonyl (C=O) groups is 1. The Bertz CT molecular complexity index is 1010. The van der Waals surface area contributed by atoms with Gasteiger partial charge in [-0.15, -0.1) is 0 Å². The molecule has 0 saturated heterocycles. The van der Waals surface area contributed by atoms with E-state index in [0.29, 0.717) is 35.1 Å². The fourth-order valence-corrected chi connectivity index (χ4v) is 3.88. The van der Waals surface area contributed by atoms with Gasteiger partial charge in [-0.25, -0.2) is 4.79 Å². The largest absolute Gasteiger partial charge is 0.485 e. The molecule has 5 heteroatoms. The van der Waals surface area contributed by atoms with Crippen LogP contribution in [0.15, 0.2) is 15.3 Å². The molecule has 1 aromatic heterocycles. The second-order valence-electron chi connectivity index (χ2n) is 7.81. The van der Waals surface area contributed by atoms with E-state index in [2.05, 4.69) is 6.92 Å². The second-order valence-corrected chi connectivity index (χ2v) is 7.81. The smallest absolute Gasteiger partial charge is 0.372 e. The fraction of sp³-hybridized carbons (Fsp3) is 0.478. The predicted molar refractivity (Wildman–Crippen MR) is 109 cm³/mol. The minimum Gasteiger partial charge on any atom is -0.485 e. The van der Waals surface area contributed by atoms with Gasteiger partial charge in [-0.3, -0.25) is 4.79 Å². The number of benzene rings is 1. The first-order valence-corrected chi connectivity index (χ1v) is 9.99. The van der Waals surface area contributed by atoms with E-state index in [1.54, 1.807) is 6.92 Å². The van der Waals surface area contributed by atoms with Crippen LogP contribution in [0.3, 0.4) is 0 Å². The number of fused-ring (bicyclic) bond motifs is 3. The number of aryl methyl sites for hydroxylation is 1. The summed E-state index contributed by atoms with van der Waals surface area (Å²) >= 11 is 0. The number of Topliss-reactive ketones (excluding diaryl/α,β-unsaturated/α-hetero) is 1. The Labute approximate surface area is 164 Å². The molecule has 1 atom stereocenters. The van der Waals surface area contributed by atoms with E-state index in [4.69, 9.17) is 9.15 Å². The molecule has 1 aromatic carbocycles. The second kappa shape index (κ2) is 7.90. The van der Waals surface area contributed by atoms with E-state index < -0.39 is 11.4 Å². The SMILES string of the molecule is CCCC1C=Cc2c(C)c(C(=O)CC(C)C)c3oc(=O)c(F)c(CC)c3c2O1. The van der Waals surface area contributed by atoms with Crippen LogP contribution < -0.4 is 10.4 Å².